The molecule has 1 heterocycles. The molecule has 2 aliphatic rings. The molecule has 0 bridgehead atoms. The van der Waals surface area contributed by atoms with E-state index in [0.29, 0.717) is 11.5 Å². The Morgan fingerprint density at radius 3 is 2.57 bits per heavy atom. The Bertz CT molecular complexity index is 1180. The third-order valence-corrected chi connectivity index (χ3v) is 7.04. The molecule has 7 nitrogen and oxygen atoms in total. The Balaban J connectivity index is 1.41. The van der Waals surface area contributed by atoms with E-state index in [2.05, 4.69) is 20.2 Å². The Labute approximate surface area is 162 Å². The van der Waals surface area contributed by atoms with Crippen LogP contribution in [0.1, 0.15) is 25.7 Å². The Kier molecular flexibility index (Phi) is 3.90. The summed E-state index contributed by atoms with van der Waals surface area (Å²) in [5, 5.41) is 10.7. The molecule has 8 heteroatoms. The van der Waals surface area contributed by atoms with Gasteiger partial charge >= 0.3 is 0 Å². The number of hydrogen-bond acceptors (Lipinski definition) is 4. The molecular formula is C20H20N4O3S. The predicted molar refractivity (Wildman–Crippen MR) is 108 cm³/mol. The molecule has 0 atom stereocenters. The average molecular weight is 396 g/mol. The Morgan fingerprint density at radius 2 is 1.82 bits per heavy atom. The van der Waals surface area contributed by atoms with Gasteiger partial charge in [0.2, 0.25) is 15.9 Å². The number of benzene rings is 2. The molecule has 28 heavy (non-hydrogen) atoms. The highest BCUT2D eigenvalue weighted by molar-refractivity contribution is 7.93. The van der Waals surface area contributed by atoms with Crippen LogP contribution >= 0.6 is 0 Å². The van der Waals surface area contributed by atoms with E-state index in [4.69, 9.17) is 0 Å². The van der Waals surface area contributed by atoms with Gasteiger partial charge in [-0.15, -0.1) is 0 Å². The summed E-state index contributed by atoms with van der Waals surface area (Å²) < 4.78 is 27.0. The highest BCUT2D eigenvalue weighted by Crippen LogP contribution is 2.33. The quantitative estimate of drug-likeness (QED) is 0.593. The van der Waals surface area contributed by atoms with E-state index >= 15 is 0 Å². The smallest absolute Gasteiger partial charge is 0.235 e. The fourth-order valence-corrected chi connectivity index (χ4v) is 4.63. The zero-order valence-corrected chi connectivity index (χ0v) is 15.9. The zero-order valence-electron chi connectivity index (χ0n) is 15.1. The van der Waals surface area contributed by atoms with Crippen molar-refractivity contribution in [1.82, 2.24) is 10.2 Å². The molecule has 1 aromatic heterocycles. The van der Waals surface area contributed by atoms with Crippen LogP contribution in [0.3, 0.4) is 0 Å². The highest BCUT2D eigenvalue weighted by Gasteiger charge is 2.35. The van der Waals surface area contributed by atoms with Gasteiger partial charge in [0, 0.05) is 17.0 Å². The minimum absolute atomic E-state index is 0.0214. The maximum absolute atomic E-state index is 12.2. The lowest BCUT2D eigenvalue weighted by Crippen LogP contribution is -2.17. The molecule has 2 aliphatic carbocycles. The molecular weight excluding hydrogens is 376 g/mol. The molecule has 0 radical (unpaired) electrons. The van der Waals surface area contributed by atoms with Gasteiger partial charge in [-0.05, 0) is 61.1 Å². The number of aromatic nitrogens is 2. The molecule has 3 aromatic rings. The van der Waals surface area contributed by atoms with Crippen LogP contribution in [-0.4, -0.2) is 29.8 Å². The van der Waals surface area contributed by atoms with Crippen LogP contribution in [0.4, 0.5) is 11.5 Å². The minimum atomic E-state index is -3.29. The number of sulfonamides is 1. The highest BCUT2D eigenvalue weighted by atomic mass is 32.2. The van der Waals surface area contributed by atoms with Gasteiger partial charge in [-0.25, -0.2) is 8.42 Å². The fourth-order valence-electron chi connectivity index (χ4n) is 3.25. The van der Waals surface area contributed by atoms with E-state index in [1.807, 2.05) is 36.4 Å². The van der Waals surface area contributed by atoms with E-state index in [0.717, 1.165) is 47.7 Å². The first-order chi connectivity index (χ1) is 13.5. The molecule has 0 spiro atoms. The first-order valence-electron chi connectivity index (χ1n) is 9.41. The monoisotopic (exact) mass is 396 g/mol. The van der Waals surface area contributed by atoms with E-state index in [1.54, 1.807) is 6.07 Å². The molecule has 0 unspecified atom stereocenters. The molecule has 0 saturated heterocycles. The number of carbonyl (C=O) groups is 1. The van der Waals surface area contributed by atoms with Crippen LogP contribution in [0.5, 0.6) is 0 Å². The van der Waals surface area contributed by atoms with Crippen molar-refractivity contribution in [2.75, 3.05) is 10.0 Å². The van der Waals surface area contributed by atoms with Crippen LogP contribution in [0, 0.1) is 5.92 Å². The third-order valence-electron chi connectivity index (χ3n) is 5.17. The second-order valence-corrected chi connectivity index (χ2v) is 9.48. The van der Waals surface area contributed by atoms with Crippen molar-refractivity contribution in [2.45, 2.75) is 30.9 Å². The van der Waals surface area contributed by atoms with Gasteiger partial charge in [0.15, 0.2) is 5.82 Å². The largest absolute Gasteiger partial charge is 0.308 e. The Morgan fingerprint density at radius 1 is 1.04 bits per heavy atom. The summed E-state index contributed by atoms with van der Waals surface area (Å²) in [5.41, 5.74) is 3.21. The summed E-state index contributed by atoms with van der Waals surface area (Å²) in [7, 11) is -3.29. The van der Waals surface area contributed by atoms with Gasteiger partial charge in [0.05, 0.1) is 10.8 Å². The zero-order chi connectivity index (χ0) is 19.3. The fraction of sp³-hybridized carbons (Fsp3) is 0.300. The van der Waals surface area contributed by atoms with E-state index in [-0.39, 0.29) is 17.1 Å². The first-order valence-corrected chi connectivity index (χ1v) is 11.0. The number of rotatable bonds is 6. The van der Waals surface area contributed by atoms with Crippen molar-refractivity contribution in [3.05, 3.63) is 42.5 Å². The van der Waals surface area contributed by atoms with Crippen LogP contribution in [-0.2, 0) is 14.8 Å². The van der Waals surface area contributed by atoms with Crippen LogP contribution in [0.2, 0.25) is 0 Å². The van der Waals surface area contributed by atoms with Gasteiger partial charge in [-0.3, -0.25) is 14.6 Å². The van der Waals surface area contributed by atoms with Crippen molar-refractivity contribution in [3.8, 4) is 11.1 Å². The Hall–Kier alpha value is -2.87. The minimum Gasteiger partial charge on any atom is -0.308 e. The second-order valence-electron chi connectivity index (χ2n) is 7.52. The van der Waals surface area contributed by atoms with E-state index in [9.17, 15) is 13.2 Å². The van der Waals surface area contributed by atoms with Crippen LogP contribution in [0.25, 0.3) is 22.0 Å². The van der Waals surface area contributed by atoms with Gasteiger partial charge in [0.1, 0.15) is 0 Å². The predicted octanol–water partition coefficient (Wildman–Crippen LogP) is 3.48. The molecule has 5 rings (SSSR count). The van der Waals surface area contributed by atoms with Gasteiger partial charge in [-0.1, -0.05) is 18.2 Å². The van der Waals surface area contributed by atoms with Crippen molar-refractivity contribution in [1.29, 1.82) is 0 Å². The van der Waals surface area contributed by atoms with Crippen molar-refractivity contribution < 1.29 is 13.2 Å². The lowest BCUT2D eigenvalue weighted by atomic mass is 10.0. The number of anilines is 2. The summed E-state index contributed by atoms with van der Waals surface area (Å²) >= 11 is 0. The summed E-state index contributed by atoms with van der Waals surface area (Å²) in [6, 6.07) is 13.2. The first kappa shape index (κ1) is 17.2. The second kappa shape index (κ2) is 6.34. The van der Waals surface area contributed by atoms with Crippen LogP contribution in [0.15, 0.2) is 42.5 Å². The molecule has 3 N–H and O–H groups in total. The van der Waals surface area contributed by atoms with Crippen molar-refractivity contribution >= 4 is 38.3 Å². The van der Waals surface area contributed by atoms with Gasteiger partial charge in [0.25, 0.3) is 0 Å². The summed E-state index contributed by atoms with van der Waals surface area (Å²) in [4.78, 5) is 12.0. The maximum atomic E-state index is 12.2. The molecule has 2 saturated carbocycles. The third kappa shape index (κ3) is 3.35. The number of carbonyl (C=O) groups excluding carboxylic acids is 1. The number of amides is 1. The summed E-state index contributed by atoms with van der Waals surface area (Å²) in [6.07, 6.45) is 3.34. The van der Waals surface area contributed by atoms with Crippen molar-refractivity contribution in [2.24, 2.45) is 5.92 Å². The number of nitrogens with zero attached hydrogens (tertiary/aromatic N) is 1. The summed E-state index contributed by atoms with van der Waals surface area (Å²) in [5.74, 6) is 0.686. The summed E-state index contributed by atoms with van der Waals surface area (Å²) in [6.45, 7) is 0. The molecule has 0 aliphatic heterocycles. The maximum Gasteiger partial charge on any atom is 0.235 e. The molecule has 144 valence electrons. The lowest BCUT2D eigenvalue weighted by molar-refractivity contribution is -0.117. The van der Waals surface area contributed by atoms with E-state index < -0.39 is 10.0 Å². The van der Waals surface area contributed by atoms with Crippen molar-refractivity contribution in [3.63, 3.8) is 0 Å². The molecule has 1 amide bonds. The SMILES string of the molecule is O=C(Nc1n[nH]c2cc(-c3cccc(NS(=O)(=O)C4CC4)c3)ccc12)C1CC1. The number of fused-ring (bicyclic) bond motifs is 1. The standard InChI is InChI=1S/C20H20N4O3S/c25-20(12-4-5-12)21-19-17-9-6-14(11-18(17)22-23-19)13-2-1-3-15(10-13)24-28(26,27)16-7-8-16/h1-3,6,9-12,16,24H,4-5,7-8H2,(H2,21,22,23,25). The topological polar surface area (TPSA) is 104 Å². The molecule has 2 fully saturated rings. The average Bonchev–Trinajstić information content (AvgIpc) is 3.58. The number of aromatic amines is 1. The normalized spacial score (nSPS) is 16.9. The van der Waals surface area contributed by atoms with E-state index in [1.165, 1.54) is 0 Å². The number of H-pyrrole nitrogens is 1. The number of nitrogens with one attached hydrogen (secondary N) is 3. The molecule has 2 aromatic carbocycles. The van der Waals surface area contributed by atoms with Gasteiger partial charge < -0.3 is 5.32 Å². The number of hydrogen-bond donors (Lipinski definition) is 3. The van der Waals surface area contributed by atoms with Gasteiger partial charge in [-0.2, -0.15) is 5.10 Å². The lowest BCUT2D eigenvalue weighted by Gasteiger charge is -2.09. The van der Waals surface area contributed by atoms with Crippen LogP contribution < -0.4 is 10.0 Å².